The second-order valence-corrected chi connectivity index (χ2v) is 5.50. The highest BCUT2D eigenvalue weighted by Gasteiger charge is 2.21. The van der Waals surface area contributed by atoms with Crippen LogP contribution in [0, 0.1) is 12.7 Å². The van der Waals surface area contributed by atoms with Crippen LogP contribution in [0.15, 0.2) is 42.5 Å². The van der Waals surface area contributed by atoms with E-state index in [1.165, 1.54) is 12.1 Å². The van der Waals surface area contributed by atoms with Crippen LogP contribution >= 0.6 is 11.6 Å². The Morgan fingerprint density at radius 2 is 1.86 bits per heavy atom. The van der Waals surface area contributed by atoms with Gasteiger partial charge in [-0.1, -0.05) is 36.7 Å². The summed E-state index contributed by atoms with van der Waals surface area (Å²) in [5.41, 5.74) is 8.05. The Hall–Kier alpha value is -1.58. The van der Waals surface area contributed by atoms with Crippen molar-refractivity contribution in [2.75, 3.05) is 0 Å². The maximum atomic E-state index is 13.1. The van der Waals surface area contributed by atoms with E-state index in [-0.39, 0.29) is 18.0 Å². The first-order valence-corrected chi connectivity index (χ1v) is 7.33. The predicted octanol–water partition coefficient (Wildman–Crippen LogP) is 4.64. The first-order valence-electron chi connectivity index (χ1n) is 6.95. The molecule has 0 bridgehead atoms. The number of rotatable bonds is 5. The lowest BCUT2D eigenvalue weighted by Crippen LogP contribution is -2.31. The van der Waals surface area contributed by atoms with E-state index in [2.05, 4.69) is 0 Å². The zero-order valence-electron chi connectivity index (χ0n) is 12.1. The van der Waals surface area contributed by atoms with Crippen LogP contribution in [0.4, 0.5) is 4.39 Å². The molecular formula is C17H19ClFNO. The highest BCUT2D eigenvalue weighted by atomic mass is 35.5. The Morgan fingerprint density at radius 1 is 1.19 bits per heavy atom. The van der Waals surface area contributed by atoms with E-state index < -0.39 is 0 Å². The van der Waals surface area contributed by atoms with Crippen molar-refractivity contribution in [1.29, 1.82) is 0 Å². The molecule has 112 valence electrons. The van der Waals surface area contributed by atoms with Crippen molar-refractivity contribution in [3.05, 3.63) is 64.4 Å². The fourth-order valence-electron chi connectivity index (χ4n) is 2.11. The van der Waals surface area contributed by atoms with Gasteiger partial charge >= 0.3 is 0 Å². The van der Waals surface area contributed by atoms with Gasteiger partial charge in [-0.15, -0.1) is 0 Å². The number of hydrogen-bond donors (Lipinski definition) is 1. The van der Waals surface area contributed by atoms with Crippen LogP contribution in [0.3, 0.4) is 0 Å². The van der Waals surface area contributed by atoms with Crippen LogP contribution < -0.4 is 10.5 Å². The van der Waals surface area contributed by atoms with Crippen LogP contribution in [0.2, 0.25) is 5.02 Å². The molecule has 2 aromatic rings. The highest BCUT2D eigenvalue weighted by Crippen LogP contribution is 2.31. The number of ether oxygens (including phenoxy) is 1. The van der Waals surface area contributed by atoms with Crippen LogP contribution in [0.25, 0.3) is 0 Å². The molecule has 2 rings (SSSR count). The third-order valence-corrected chi connectivity index (χ3v) is 3.70. The monoisotopic (exact) mass is 307 g/mol. The van der Waals surface area contributed by atoms with Crippen LogP contribution in [0.1, 0.15) is 30.6 Å². The second-order valence-electron chi connectivity index (χ2n) is 5.10. The SMILES string of the molecule is CCC(N)C(Oc1ccc(C)cc1Cl)c1ccc(F)cc1. The van der Waals surface area contributed by atoms with Gasteiger partial charge < -0.3 is 10.5 Å². The Labute approximate surface area is 129 Å². The summed E-state index contributed by atoms with van der Waals surface area (Å²) in [7, 11) is 0. The molecule has 0 aliphatic carbocycles. The summed E-state index contributed by atoms with van der Waals surface area (Å²) in [6.07, 6.45) is 0.377. The summed E-state index contributed by atoms with van der Waals surface area (Å²) >= 11 is 6.21. The second kappa shape index (κ2) is 6.92. The summed E-state index contributed by atoms with van der Waals surface area (Å²) in [4.78, 5) is 0. The van der Waals surface area contributed by atoms with E-state index in [0.717, 1.165) is 17.5 Å². The average molecular weight is 308 g/mol. The van der Waals surface area contributed by atoms with Gasteiger partial charge in [0.1, 0.15) is 17.7 Å². The van der Waals surface area contributed by atoms with Crippen molar-refractivity contribution in [3.63, 3.8) is 0 Å². The minimum Gasteiger partial charge on any atom is -0.483 e. The molecule has 0 amide bonds. The number of halogens is 2. The van der Waals surface area contributed by atoms with Crippen molar-refractivity contribution in [2.24, 2.45) is 5.73 Å². The highest BCUT2D eigenvalue weighted by molar-refractivity contribution is 6.32. The molecular weight excluding hydrogens is 289 g/mol. The average Bonchev–Trinajstić information content (AvgIpc) is 2.47. The fourth-order valence-corrected chi connectivity index (χ4v) is 2.39. The smallest absolute Gasteiger partial charge is 0.139 e. The summed E-state index contributed by atoms with van der Waals surface area (Å²) in [6, 6.07) is 11.6. The molecule has 0 aliphatic rings. The van der Waals surface area contributed by atoms with E-state index in [1.807, 2.05) is 32.0 Å². The predicted molar refractivity (Wildman–Crippen MR) is 84.2 cm³/mol. The van der Waals surface area contributed by atoms with E-state index in [4.69, 9.17) is 22.1 Å². The van der Waals surface area contributed by atoms with Crippen LogP contribution in [-0.4, -0.2) is 6.04 Å². The molecule has 0 saturated heterocycles. The summed E-state index contributed by atoms with van der Waals surface area (Å²) in [5.74, 6) is 0.302. The molecule has 4 heteroatoms. The van der Waals surface area contributed by atoms with Gasteiger partial charge in [0.25, 0.3) is 0 Å². The van der Waals surface area contributed by atoms with Gasteiger partial charge in [-0.3, -0.25) is 0 Å². The molecule has 0 aromatic heterocycles. The quantitative estimate of drug-likeness (QED) is 0.873. The standard InChI is InChI=1S/C17H19ClFNO/c1-3-15(20)17(12-5-7-13(19)8-6-12)21-16-9-4-11(2)10-14(16)18/h4-10,15,17H,3,20H2,1-2H3. The topological polar surface area (TPSA) is 35.2 Å². The van der Waals surface area contributed by atoms with Gasteiger partial charge in [0.15, 0.2) is 0 Å². The molecule has 0 radical (unpaired) electrons. The third kappa shape index (κ3) is 3.96. The summed E-state index contributed by atoms with van der Waals surface area (Å²) in [5, 5.41) is 0.547. The van der Waals surface area contributed by atoms with Gasteiger partial charge in [-0.25, -0.2) is 4.39 Å². The molecule has 0 fully saturated rings. The number of nitrogens with two attached hydrogens (primary N) is 1. The number of benzene rings is 2. The molecule has 0 saturated carbocycles. The van der Waals surface area contributed by atoms with Gasteiger partial charge in [0.05, 0.1) is 5.02 Å². The van der Waals surface area contributed by atoms with Gasteiger partial charge in [0, 0.05) is 6.04 Å². The Kier molecular flexibility index (Phi) is 5.21. The molecule has 2 N–H and O–H groups in total. The maximum absolute atomic E-state index is 13.1. The van der Waals surface area contributed by atoms with Gasteiger partial charge in [0.2, 0.25) is 0 Å². The third-order valence-electron chi connectivity index (χ3n) is 3.40. The Morgan fingerprint density at radius 3 is 2.43 bits per heavy atom. The maximum Gasteiger partial charge on any atom is 0.139 e. The molecule has 2 unspecified atom stereocenters. The fraction of sp³-hybridized carbons (Fsp3) is 0.294. The molecule has 0 heterocycles. The zero-order valence-corrected chi connectivity index (χ0v) is 12.9. The van der Waals surface area contributed by atoms with Crippen molar-refractivity contribution in [2.45, 2.75) is 32.4 Å². The van der Waals surface area contributed by atoms with Gasteiger partial charge in [-0.05, 0) is 48.7 Å². The Balaban J connectivity index is 2.30. The van der Waals surface area contributed by atoms with E-state index in [1.54, 1.807) is 12.1 Å². The molecule has 0 spiro atoms. The minimum atomic E-state index is -0.365. The lowest BCUT2D eigenvalue weighted by molar-refractivity contribution is 0.171. The van der Waals surface area contributed by atoms with E-state index >= 15 is 0 Å². The molecule has 0 aliphatic heterocycles. The summed E-state index contributed by atoms with van der Waals surface area (Å²) < 4.78 is 19.1. The minimum absolute atomic E-state index is 0.201. The lowest BCUT2D eigenvalue weighted by Gasteiger charge is -2.25. The van der Waals surface area contributed by atoms with Crippen molar-refractivity contribution in [1.82, 2.24) is 0 Å². The van der Waals surface area contributed by atoms with Crippen LogP contribution in [-0.2, 0) is 0 Å². The molecule has 2 atom stereocenters. The Bertz CT molecular complexity index is 600. The largest absolute Gasteiger partial charge is 0.483 e. The van der Waals surface area contributed by atoms with Gasteiger partial charge in [-0.2, -0.15) is 0 Å². The van der Waals surface area contributed by atoms with E-state index in [9.17, 15) is 4.39 Å². The first-order chi connectivity index (χ1) is 10.0. The van der Waals surface area contributed by atoms with Crippen LogP contribution in [0.5, 0.6) is 5.75 Å². The number of aryl methyl sites for hydroxylation is 1. The van der Waals surface area contributed by atoms with Crippen molar-refractivity contribution >= 4 is 11.6 Å². The normalized spacial score (nSPS) is 13.8. The molecule has 2 aromatic carbocycles. The lowest BCUT2D eigenvalue weighted by atomic mass is 10.0. The van der Waals surface area contributed by atoms with Crippen molar-refractivity contribution in [3.8, 4) is 5.75 Å². The number of hydrogen-bond acceptors (Lipinski definition) is 2. The molecule has 21 heavy (non-hydrogen) atoms. The van der Waals surface area contributed by atoms with E-state index in [0.29, 0.717) is 10.8 Å². The molecule has 2 nitrogen and oxygen atoms in total. The van der Waals surface area contributed by atoms with Crippen molar-refractivity contribution < 1.29 is 9.13 Å². The zero-order chi connectivity index (χ0) is 15.4. The summed E-state index contributed by atoms with van der Waals surface area (Å²) in [6.45, 7) is 3.95. The first kappa shape index (κ1) is 15.8.